The lowest BCUT2D eigenvalue weighted by atomic mass is 9.75. The molecule has 4 rings (SSSR count). The predicted octanol–water partition coefficient (Wildman–Crippen LogP) is 4.55. The number of ether oxygens (including phenoxy) is 1. The second kappa shape index (κ2) is 8.79. The van der Waals surface area contributed by atoms with E-state index in [4.69, 9.17) is 14.0 Å². The number of rotatable bonds is 4. The van der Waals surface area contributed by atoms with E-state index in [0.29, 0.717) is 17.8 Å². The molecule has 0 bridgehead atoms. The lowest BCUT2D eigenvalue weighted by Gasteiger charge is -2.32. The molecule has 2 aromatic carbocycles. The number of anilines is 1. The highest BCUT2D eigenvalue weighted by molar-refractivity contribution is 6.62. The van der Waals surface area contributed by atoms with Crippen LogP contribution in [0.15, 0.2) is 36.4 Å². The van der Waals surface area contributed by atoms with Crippen molar-refractivity contribution >= 4 is 30.1 Å². The average Bonchev–Trinajstić information content (AvgIpc) is 2.98. The van der Waals surface area contributed by atoms with Crippen LogP contribution in [0.3, 0.4) is 0 Å². The number of esters is 1. The number of nitrogens with zero attached hydrogens (tertiary/aromatic N) is 1. The van der Waals surface area contributed by atoms with Gasteiger partial charge in [0, 0.05) is 24.6 Å². The lowest BCUT2D eigenvalue weighted by Crippen LogP contribution is -2.42. The van der Waals surface area contributed by atoms with Gasteiger partial charge in [0.05, 0.1) is 16.9 Å². The minimum absolute atomic E-state index is 0.0174. The van der Waals surface area contributed by atoms with Crippen molar-refractivity contribution in [3.8, 4) is 0 Å². The average molecular weight is 477 g/mol. The normalized spacial score (nSPS) is 19.0. The molecule has 2 aliphatic rings. The summed E-state index contributed by atoms with van der Waals surface area (Å²) in [5, 5.41) is 0. The Kier molecular flexibility index (Phi) is 6.39. The lowest BCUT2D eigenvalue weighted by molar-refractivity contribution is -0.142. The summed E-state index contributed by atoms with van der Waals surface area (Å²) in [7, 11) is -0.632. The number of carbonyl (C=O) groups excluding carboxylic acids is 2. The van der Waals surface area contributed by atoms with Crippen molar-refractivity contribution in [1.29, 1.82) is 0 Å². The molecule has 35 heavy (non-hydrogen) atoms. The Labute approximate surface area is 209 Å². The van der Waals surface area contributed by atoms with Crippen molar-refractivity contribution in [3.05, 3.63) is 58.7 Å². The molecule has 0 spiro atoms. The van der Waals surface area contributed by atoms with Crippen molar-refractivity contribution in [2.75, 3.05) is 11.4 Å². The maximum atomic E-state index is 13.7. The van der Waals surface area contributed by atoms with Gasteiger partial charge in [0.15, 0.2) is 0 Å². The first-order valence-corrected chi connectivity index (χ1v) is 12.3. The maximum absolute atomic E-state index is 13.7. The van der Waals surface area contributed by atoms with Crippen LogP contribution in [0.2, 0.25) is 0 Å². The van der Waals surface area contributed by atoms with Crippen molar-refractivity contribution in [2.45, 2.75) is 85.0 Å². The van der Waals surface area contributed by atoms with E-state index < -0.39 is 18.3 Å². The number of amides is 1. The van der Waals surface area contributed by atoms with E-state index in [1.54, 1.807) is 4.90 Å². The summed E-state index contributed by atoms with van der Waals surface area (Å²) in [6.07, 6.45) is 0.749. The van der Waals surface area contributed by atoms with E-state index in [0.717, 1.165) is 23.0 Å². The quantitative estimate of drug-likeness (QED) is 0.478. The summed E-state index contributed by atoms with van der Waals surface area (Å²) in [6, 6.07) is 11.9. The van der Waals surface area contributed by atoms with Gasteiger partial charge < -0.3 is 18.9 Å². The monoisotopic (exact) mass is 477 g/mol. The third-order valence-corrected chi connectivity index (χ3v) is 7.46. The molecule has 2 aliphatic heterocycles. The molecule has 0 atom stereocenters. The molecule has 0 radical (unpaired) electrons. The van der Waals surface area contributed by atoms with E-state index in [1.165, 1.54) is 12.5 Å². The van der Waals surface area contributed by atoms with Gasteiger partial charge in [0.2, 0.25) is 0 Å². The number of fused-ring (bicyclic) bond motifs is 1. The van der Waals surface area contributed by atoms with Crippen LogP contribution < -0.4 is 10.4 Å². The molecule has 0 aliphatic carbocycles. The zero-order valence-corrected chi connectivity index (χ0v) is 22.2. The molecule has 0 saturated carbocycles. The first-order chi connectivity index (χ1) is 16.2. The summed E-state index contributed by atoms with van der Waals surface area (Å²) in [5.41, 5.74) is 4.20. The van der Waals surface area contributed by atoms with Crippen LogP contribution >= 0.6 is 0 Å². The van der Waals surface area contributed by atoms with Crippen LogP contribution in [0, 0.1) is 0 Å². The van der Waals surface area contributed by atoms with Gasteiger partial charge in [-0.15, -0.1) is 0 Å². The zero-order valence-electron chi connectivity index (χ0n) is 22.2. The van der Waals surface area contributed by atoms with Crippen molar-refractivity contribution in [2.24, 2.45) is 0 Å². The molecule has 0 N–H and O–H groups in total. The molecular weight excluding hydrogens is 441 g/mol. The predicted molar refractivity (Wildman–Crippen MR) is 138 cm³/mol. The molecule has 0 unspecified atom stereocenters. The highest BCUT2D eigenvalue weighted by Crippen LogP contribution is 2.38. The van der Waals surface area contributed by atoms with Crippen molar-refractivity contribution in [1.82, 2.24) is 0 Å². The first-order valence-electron chi connectivity index (χ1n) is 12.3. The minimum Gasteiger partial charge on any atom is -0.461 e. The largest absolute Gasteiger partial charge is 0.495 e. The molecule has 0 aromatic heterocycles. The highest BCUT2D eigenvalue weighted by Gasteiger charge is 2.52. The van der Waals surface area contributed by atoms with Gasteiger partial charge in [-0.1, -0.05) is 45.0 Å². The SMILES string of the molecule is CC(=O)OCc1c(B2OC(C)(C)C(C)(C)O2)cccc1N1CCc2cc(C(C)(C)C)ccc2C1=O. The Morgan fingerprint density at radius 2 is 1.74 bits per heavy atom. The Morgan fingerprint density at radius 3 is 2.34 bits per heavy atom. The fraction of sp³-hybridized carbons (Fsp3) is 0.500. The van der Waals surface area contributed by atoms with Crippen molar-refractivity contribution < 1.29 is 23.6 Å². The molecule has 1 amide bonds. The molecule has 2 heterocycles. The molecule has 186 valence electrons. The molecule has 2 aromatic rings. The van der Waals surface area contributed by atoms with E-state index in [2.05, 4.69) is 26.8 Å². The second-order valence-corrected chi connectivity index (χ2v) is 11.5. The van der Waals surface area contributed by atoms with Crippen LogP contribution in [0.4, 0.5) is 5.69 Å². The van der Waals surface area contributed by atoms with Gasteiger partial charge >= 0.3 is 13.1 Å². The summed E-state index contributed by atoms with van der Waals surface area (Å²) in [4.78, 5) is 27.2. The summed E-state index contributed by atoms with van der Waals surface area (Å²) in [5.74, 6) is -0.438. The second-order valence-electron chi connectivity index (χ2n) is 11.5. The molecular formula is C28H36BNO5. The number of hydrogen-bond acceptors (Lipinski definition) is 5. The maximum Gasteiger partial charge on any atom is 0.495 e. The van der Waals surface area contributed by atoms with E-state index >= 15 is 0 Å². The molecule has 7 heteroatoms. The van der Waals surface area contributed by atoms with E-state index in [-0.39, 0.29) is 23.9 Å². The first kappa shape index (κ1) is 25.5. The van der Waals surface area contributed by atoms with E-state index in [1.807, 2.05) is 58.0 Å². The fourth-order valence-electron chi connectivity index (χ4n) is 4.55. The Morgan fingerprint density at radius 1 is 1.09 bits per heavy atom. The van der Waals surface area contributed by atoms with Gasteiger partial charge in [-0.05, 0) is 68.3 Å². The van der Waals surface area contributed by atoms with Gasteiger partial charge in [0.25, 0.3) is 5.91 Å². The fourth-order valence-corrected chi connectivity index (χ4v) is 4.55. The Bertz CT molecular complexity index is 1150. The highest BCUT2D eigenvalue weighted by atomic mass is 16.7. The Balaban J connectivity index is 1.74. The molecule has 1 fully saturated rings. The van der Waals surface area contributed by atoms with E-state index in [9.17, 15) is 9.59 Å². The number of hydrogen-bond donors (Lipinski definition) is 0. The van der Waals surface area contributed by atoms with Crippen LogP contribution in [-0.4, -0.2) is 36.7 Å². The summed E-state index contributed by atoms with van der Waals surface area (Å²) in [6.45, 7) is 16.5. The summed E-state index contributed by atoms with van der Waals surface area (Å²) < 4.78 is 18.0. The van der Waals surface area contributed by atoms with Crippen molar-refractivity contribution in [3.63, 3.8) is 0 Å². The standard InChI is InChI=1S/C28H36BNO5/c1-18(31)33-17-22-23(29-34-27(5,6)28(7,8)35-29)10-9-11-24(22)30-15-14-19-16-20(26(2,3)4)12-13-21(19)25(30)32/h9-13,16H,14-15,17H2,1-8H3. The zero-order chi connectivity index (χ0) is 25.8. The molecule has 1 saturated heterocycles. The van der Waals surface area contributed by atoms with Crippen LogP contribution in [0.1, 0.15) is 82.4 Å². The number of carbonyl (C=O) groups is 2. The molecule has 6 nitrogen and oxygen atoms in total. The third kappa shape index (κ3) is 4.76. The summed E-state index contributed by atoms with van der Waals surface area (Å²) >= 11 is 0. The minimum atomic E-state index is -0.632. The van der Waals surface area contributed by atoms with Gasteiger partial charge in [0.1, 0.15) is 6.61 Å². The third-order valence-electron chi connectivity index (χ3n) is 7.46. The number of benzene rings is 2. The van der Waals surface area contributed by atoms with Crippen LogP contribution in [-0.2, 0) is 37.3 Å². The van der Waals surface area contributed by atoms with Crippen LogP contribution in [0.5, 0.6) is 0 Å². The van der Waals surface area contributed by atoms with Gasteiger partial charge in [-0.2, -0.15) is 0 Å². The topological polar surface area (TPSA) is 65.1 Å². The van der Waals surface area contributed by atoms with Gasteiger partial charge in [-0.3, -0.25) is 9.59 Å². The van der Waals surface area contributed by atoms with Crippen LogP contribution in [0.25, 0.3) is 0 Å². The van der Waals surface area contributed by atoms with Gasteiger partial charge in [-0.25, -0.2) is 0 Å². The smallest absolute Gasteiger partial charge is 0.461 e. The Hall–Kier alpha value is -2.64.